The number of rotatable bonds is 7. The molecule has 98 valence electrons. The molecular formula is C15H20O3. The summed E-state index contributed by atoms with van der Waals surface area (Å²) < 4.78 is 9.89. The first-order valence-electron chi connectivity index (χ1n) is 6.22. The Hall–Kier alpha value is -1.77. The lowest BCUT2D eigenvalue weighted by Gasteiger charge is -2.02. The number of esters is 1. The van der Waals surface area contributed by atoms with E-state index in [4.69, 9.17) is 9.47 Å². The predicted octanol–water partition coefficient (Wildman–Crippen LogP) is 3.14. The van der Waals surface area contributed by atoms with Crippen LogP contribution in [0.5, 0.6) is 5.75 Å². The van der Waals surface area contributed by atoms with Crippen molar-refractivity contribution in [1.82, 2.24) is 0 Å². The molecule has 0 atom stereocenters. The molecule has 3 heteroatoms. The van der Waals surface area contributed by atoms with E-state index in [-0.39, 0.29) is 5.97 Å². The first-order valence-corrected chi connectivity index (χ1v) is 6.22. The van der Waals surface area contributed by atoms with Crippen molar-refractivity contribution >= 4 is 5.97 Å². The van der Waals surface area contributed by atoms with Gasteiger partial charge < -0.3 is 9.47 Å². The van der Waals surface area contributed by atoms with Gasteiger partial charge in [-0.25, -0.2) is 4.79 Å². The van der Waals surface area contributed by atoms with Crippen LogP contribution in [0.3, 0.4) is 0 Å². The molecule has 0 radical (unpaired) electrons. The Morgan fingerprint density at radius 3 is 2.61 bits per heavy atom. The van der Waals surface area contributed by atoms with Gasteiger partial charge in [0.25, 0.3) is 0 Å². The maximum atomic E-state index is 11.0. The van der Waals surface area contributed by atoms with E-state index in [2.05, 4.69) is 12.1 Å². The van der Waals surface area contributed by atoms with Crippen LogP contribution in [-0.2, 0) is 16.0 Å². The van der Waals surface area contributed by atoms with Gasteiger partial charge in [-0.1, -0.05) is 18.2 Å². The number of ether oxygens (including phenoxy) is 2. The molecule has 18 heavy (non-hydrogen) atoms. The van der Waals surface area contributed by atoms with Crippen LogP contribution >= 0.6 is 0 Å². The Balaban J connectivity index is 2.23. The lowest BCUT2D eigenvalue weighted by molar-refractivity contribution is -0.137. The highest BCUT2D eigenvalue weighted by Gasteiger charge is 1.95. The van der Waals surface area contributed by atoms with Crippen LogP contribution in [-0.4, -0.2) is 19.7 Å². The van der Waals surface area contributed by atoms with Crippen LogP contribution in [0.25, 0.3) is 0 Å². The second kappa shape index (κ2) is 8.34. The highest BCUT2D eigenvalue weighted by Crippen LogP contribution is 2.13. The summed E-state index contributed by atoms with van der Waals surface area (Å²) >= 11 is 0. The van der Waals surface area contributed by atoms with E-state index in [1.165, 1.54) is 11.6 Å². The molecule has 0 fully saturated rings. The molecule has 0 spiro atoms. The van der Waals surface area contributed by atoms with E-state index in [1.807, 2.05) is 18.2 Å². The summed E-state index contributed by atoms with van der Waals surface area (Å²) in [6.45, 7) is 2.23. The zero-order valence-corrected chi connectivity index (χ0v) is 11.0. The fourth-order valence-corrected chi connectivity index (χ4v) is 1.59. The Morgan fingerprint density at radius 2 is 2.00 bits per heavy atom. The fraction of sp³-hybridized carbons (Fsp3) is 0.400. The summed E-state index contributed by atoms with van der Waals surface area (Å²) in [5.41, 5.74) is 1.28. The van der Waals surface area contributed by atoms with E-state index in [0.717, 1.165) is 25.0 Å². The molecule has 0 saturated carbocycles. The van der Waals surface area contributed by atoms with Gasteiger partial charge in [0.1, 0.15) is 5.75 Å². The van der Waals surface area contributed by atoms with Crippen LogP contribution in [0.15, 0.2) is 36.4 Å². The predicted molar refractivity (Wildman–Crippen MR) is 71.7 cm³/mol. The normalized spacial score (nSPS) is 10.6. The third-order valence-electron chi connectivity index (χ3n) is 2.54. The molecule has 3 nitrogen and oxygen atoms in total. The average molecular weight is 248 g/mol. The summed E-state index contributed by atoms with van der Waals surface area (Å²) in [6, 6.07) is 8.05. The number of hydrogen-bond acceptors (Lipinski definition) is 3. The van der Waals surface area contributed by atoms with Crippen molar-refractivity contribution in [1.29, 1.82) is 0 Å². The van der Waals surface area contributed by atoms with E-state index < -0.39 is 0 Å². The second-order valence-electron chi connectivity index (χ2n) is 3.89. The third-order valence-corrected chi connectivity index (χ3v) is 2.54. The van der Waals surface area contributed by atoms with E-state index in [1.54, 1.807) is 14.0 Å². The van der Waals surface area contributed by atoms with Crippen molar-refractivity contribution < 1.29 is 14.3 Å². The van der Waals surface area contributed by atoms with Crippen molar-refractivity contribution in [2.75, 3.05) is 13.7 Å². The molecule has 0 unspecified atom stereocenters. The van der Waals surface area contributed by atoms with E-state index in [0.29, 0.717) is 6.61 Å². The quantitative estimate of drug-likeness (QED) is 0.422. The maximum absolute atomic E-state index is 11.0. The minimum atomic E-state index is -0.262. The maximum Gasteiger partial charge on any atom is 0.330 e. The molecule has 0 aliphatic carbocycles. The number of unbranched alkanes of at least 4 members (excludes halogenated alkanes) is 1. The van der Waals surface area contributed by atoms with Crippen molar-refractivity contribution in [3.05, 3.63) is 42.0 Å². The van der Waals surface area contributed by atoms with Crippen LogP contribution in [0.1, 0.15) is 25.3 Å². The molecular weight excluding hydrogens is 228 g/mol. The first-order chi connectivity index (χ1) is 8.76. The van der Waals surface area contributed by atoms with Crippen molar-refractivity contribution in [3.8, 4) is 5.75 Å². The van der Waals surface area contributed by atoms with Gasteiger partial charge in [0.05, 0.1) is 13.7 Å². The zero-order valence-electron chi connectivity index (χ0n) is 11.0. The average Bonchev–Trinajstić information content (AvgIpc) is 2.39. The molecule has 0 aliphatic rings. The van der Waals surface area contributed by atoms with Gasteiger partial charge in [0.15, 0.2) is 0 Å². The zero-order chi connectivity index (χ0) is 13.2. The summed E-state index contributed by atoms with van der Waals surface area (Å²) in [4.78, 5) is 11.0. The Labute approximate surface area is 108 Å². The van der Waals surface area contributed by atoms with Crippen LogP contribution < -0.4 is 4.74 Å². The number of benzene rings is 1. The summed E-state index contributed by atoms with van der Waals surface area (Å²) in [7, 11) is 1.66. The van der Waals surface area contributed by atoms with Gasteiger partial charge in [-0.3, -0.25) is 0 Å². The molecule has 0 amide bonds. The van der Waals surface area contributed by atoms with Gasteiger partial charge in [-0.05, 0) is 43.9 Å². The van der Waals surface area contributed by atoms with E-state index in [9.17, 15) is 4.79 Å². The summed E-state index contributed by atoms with van der Waals surface area (Å²) in [6.07, 6.45) is 6.25. The minimum absolute atomic E-state index is 0.262. The van der Waals surface area contributed by atoms with Crippen molar-refractivity contribution in [2.24, 2.45) is 0 Å². The smallest absolute Gasteiger partial charge is 0.330 e. The topological polar surface area (TPSA) is 35.5 Å². The second-order valence-corrected chi connectivity index (χ2v) is 3.89. The number of aryl methyl sites for hydroxylation is 1. The van der Waals surface area contributed by atoms with Crippen molar-refractivity contribution in [3.63, 3.8) is 0 Å². The number of allylic oxidation sites excluding steroid dienone is 1. The molecule has 1 rings (SSSR count). The molecule has 1 aromatic rings. The number of carbonyl (C=O) groups is 1. The van der Waals surface area contributed by atoms with Crippen LogP contribution in [0.4, 0.5) is 0 Å². The Kier molecular flexibility index (Phi) is 6.62. The molecule has 0 saturated heterocycles. The van der Waals surface area contributed by atoms with Crippen LogP contribution in [0.2, 0.25) is 0 Å². The summed E-state index contributed by atoms with van der Waals surface area (Å²) in [5.74, 6) is 0.614. The van der Waals surface area contributed by atoms with Gasteiger partial charge >= 0.3 is 5.97 Å². The molecule has 1 aromatic carbocycles. The molecule has 0 aromatic heterocycles. The number of carbonyl (C=O) groups excluding carboxylic acids is 1. The number of methoxy groups -OCH3 is 1. The van der Waals surface area contributed by atoms with Gasteiger partial charge in [-0.15, -0.1) is 0 Å². The third kappa shape index (κ3) is 5.53. The first kappa shape index (κ1) is 14.3. The van der Waals surface area contributed by atoms with Gasteiger partial charge in [-0.2, -0.15) is 0 Å². The standard InChI is InChI=1S/C15H20O3/c1-3-18-15(16)8-6-4-5-7-13-9-11-14(17-2)12-10-13/h6,8-12H,3-5,7H2,1-2H3/b8-6+. The number of hydrogen-bond donors (Lipinski definition) is 0. The van der Waals surface area contributed by atoms with E-state index >= 15 is 0 Å². The minimum Gasteiger partial charge on any atom is -0.497 e. The van der Waals surface area contributed by atoms with Crippen LogP contribution in [0, 0.1) is 0 Å². The molecule has 0 bridgehead atoms. The molecule has 0 N–H and O–H groups in total. The Morgan fingerprint density at radius 1 is 1.28 bits per heavy atom. The van der Waals surface area contributed by atoms with Crippen molar-refractivity contribution in [2.45, 2.75) is 26.2 Å². The lowest BCUT2D eigenvalue weighted by atomic mass is 10.1. The van der Waals surface area contributed by atoms with Gasteiger partial charge in [0.2, 0.25) is 0 Å². The van der Waals surface area contributed by atoms with Gasteiger partial charge in [0, 0.05) is 6.08 Å². The molecule has 0 heterocycles. The summed E-state index contributed by atoms with van der Waals surface area (Å²) in [5, 5.41) is 0. The molecule has 0 aliphatic heterocycles. The Bertz CT molecular complexity index is 379. The SMILES string of the molecule is CCOC(=O)/C=C/CCCc1ccc(OC)cc1. The highest BCUT2D eigenvalue weighted by atomic mass is 16.5. The largest absolute Gasteiger partial charge is 0.497 e. The lowest BCUT2D eigenvalue weighted by Crippen LogP contribution is -1.98. The fourth-order valence-electron chi connectivity index (χ4n) is 1.59. The highest BCUT2D eigenvalue weighted by molar-refractivity contribution is 5.81. The monoisotopic (exact) mass is 248 g/mol.